The van der Waals surface area contributed by atoms with Gasteiger partial charge in [0.2, 0.25) is 11.8 Å². The van der Waals surface area contributed by atoms with E-state index < -0.39 is 5.91 Å². The summed E-state index contributed by atoms with van der Waals surface area (Å²) >= 11 is 0. The van der Waals surface area contributed by atoms with Crippen LogP contribution in [-0.4, -0.2) is 91.4 Å². The Morgan fingerprint density at radius 3 is 2.46 bits per heavy atom. The molecule has 0 saturated heterocycles. The van der Waals surface area contributed by atoms with Gasteiger partial charge in [0, 0.05) is 45.0 Å². The molecule has 11 heteroatoms. The molecule has 0 saturated carbocycles. The molecule has 4 N–H and O–H groups in total. The minimum atomic E-state index is -0.706. The Morgan fingerprint density at radius 2 is 1.85 bits per heavy atom. The van der Waals surface area contributed by atoms with E-state index in [0.29, 0.717) is 36.7 Å². The van der Waals surface area contributed by atoms with Crippen molar-refractivity contribution >= 4 is 41.1 Å². The maximum absolute atomic E-state index is 12.3. The number of hydrogen-bond acceptors (Lipinski definition) is 8. The van der Waals surface area contributed by atoms with Crippen LogP contribution in [0.4, 0.5) is 17.3 Å². The van der Waals surface area contributed by atoms with Crippen LogP contribution in [0.25, 0.3) is 6.08 Å². The predicted octanol–water partition coefficient (Wildman–Crippen LogP) is 2.04. The standard InChI is InChI=1S/C28H40N8O3/c1-8-22-28(36(7)19(2)3)33-27(25(32-22)26(29)39)31-21-12-9-11-20(17-21)14-15-30-23(37)18-35(6)24(38)13-10-16-34(4)5/h8-13,17,19H,1,14-16,18H2,2-7H3,(H2,29,39)(H,30,37)(H,31,33)/b13-10+. The summed E-state index contributed by atoms with van der Waals surface area (Å²) < 4.78 is 0. The summed E-state index contributed by atoms with van der Waals surface area (Å²) in [5.41, 5.74) is 7.71. The van der Waals surface area contributed by atoms with Crippen LogP contribution in [-0.2, 0) is 16.0 Å². The average molecular weight is 537 g/mol. The Kier molecular flexibility index (Phi) is 11.6. The summed E-state index contributed by atoms with van der Waals surface area (Å²) in [6, 6.07) is 7.68. The molecule has 0 aliphatic heterocycles. The second-order valence-electron chi connectivity index (χ2n) is 9.69. The lowest BCUT2D eigenvalue weighted by atomic mass is 10.1. The van der Waals surface area contributed by atoms with Crippen LogP contribution in [0.5, 0.6) is 0 Å². The van der Waals surface area contributed by atoms with E-state index >= 15 is 0 Å². The van der Waals surface area contributed by atoms with Crippen molar-refractivity contribution in [1.82, 2.24) is 25.1 Å². The van der Waals surface area contributed by atoms with Crippen LogP contribution in [0, 0.1) is 0 Å². The van der Waals surface area contributed by atoms with E-state index in [1.807, 2.05) is 69.1 Å². The molecule has 2 aromatic rings. The highest BCUT2D eigenvalue weighted by molar-refractivity contribution is 5.97. The number of nitrogens with zero attached hydrogens (tertiary/aromatic N) is 5. The summed E-state index contributed by atoms with van der Waals surface area (Å²) in [6.07, 6.45) is 5.33. The Balaban J connectivity index is 2.05. The summed E-state index contributed by atoms with van der Waals surface area (Å²) in [5.74, 6) is -0.363. The SMILES string of the molecule is C=Cc1nc(C(N)=O)c(Nc2cccc(CCNC(=O)CN(C)C(=O)/C=C/CN(C)C)c2)nc1N(C)C(C)C. The van der Waals surface area contributed by atoms with Gasteiger partial charge in [0.15, 0.2) is 17.3 Å². The van der Waals surface area contributed by atoms with Crippen molar-refractivity contribution in [2.24, 2.45) is 5.73 Å². The molecule has 11 nitrogen and oxygen atoms in total. The quantitative estimate of drug-likeness (QED) is 0.312. The number of nitrogens with two attached hydrogens (primary N) is 1. The maximum Gasteiger partial charge on any atom is 0.271 e. The smallest absolute Gasteiger partial charge is 0.271 e. The van der Waals surface area contributed by atoms with Crippen LogP contribution in [0.15, 0.2) is 43.0 Å². The van der Waals surface area contributed by atoms with Gasteiger partial charge in [0.1, 0.15) is 5.69 Å². The fourth-order valence-corrected chi connectivity index (χ4v) is 3.47. The highest BCUT2D eigenvalue weighted by Gasteiger charge is 2.20. The molecule has 0 fully saturated rings. The minimum absolute atomic E-state index is 0.0127. The third kappa shape index (κ3) is 9.53. The molecular formula is C28H40N8O3. The van der Waals surface area contributed by atoms with E-state index in [9.17, 15) is 14.4 Å². The zero-order chi connectivity index (χ0) is 29.1. The fraction of sp³-hybridized carbons (Fsp3) is 0.393. The van der Waals surface area contributed by atoms with Crippen molar-refractivity contribution in [1.29, 1.82) is 0 Å². The molecule has 0 spiro atoms. The van der Waals surface area contributed by atoms with Gasteiger partial charge in [0.05, 0.1) is 6.54 Å². The van der Waals surface area contributed by atoms with Gasteiger partial charge < -0.3 is 31.1 Å². The van der Waals surface area contributed by atoms with Gasteiger partial charge in [-0.15, -0.1) is 0 Å². The topological polar surface area (TPSA) is 137 Å². The molecule has 1 aromatic heterocycles. The molecule has 1 heterocycles. The van der Waals surface area contributed by atoms with Crippen molar-refractivity contribution < 1.29 is 14.4 Å². The second kappa shape index (κ2) is 14.6. The zero-order valence-electron chi connectivity index (χ0n) is 23.7. The molecule has 210 valence electrons. The molecule has 0 atom stereocenters. The third-order valence-corrected chi connectivity index (χ3v) is 5.85. The van der Waals surface area contributed by atoms with E-state index in [2.05, 4.69) is 27.2 Å². The highest BCUT2D eigenvalue weighted by atomic mass is 16.2. The summed E-state index contributed by atoms with van der Waals surface area (Å²) in [4.78, 5) is 50.8. The molecule has 0 aliphatic carbocycles. The van der Waals surface area contributed by atoms with Crippen LogP contribution in [0.2, 0.25) is 0 Å². The van der Waals surface area contributed by atoms with E-state index in [4.69, 9.17) is 5.73 Å². The summed E-state index contributed by atoms with van der Waals surface area (Å²) in [6.45, 7) is 8.83. The van der Waals surface area contributed by atoms with Gasteiger partial charge in [-0.05, 0) is 58.1 Å². The minimum Gasteiger partial charge on any atom is -0.364 e. The lowest BCUT2D eigenvalue weighted by Gasteiger charge is -2.25. The predicted molar refractivity (Wildman–Crippen MR) is 156 cm³/mol. The molecule has 3 amide bonds. The maximum atomic E-state index is 12.3. The van der Waals surface area contributed by atoms with E-state index in [-0.39, 0.29) is 35.9 Å². The van der Waals surface area contributed by atoms with Gasteiger partial charge in [-0.3, -0.25) is 14.4 Å². The van der Waals surface area contributed by atoms with Crippen LogP contribution < -0.4 is 21.3 Å². The van der Waals surface area contributed by atoms with Crippen molar-refractivity contribution in [3.63, 3.8) is 0 Å². The van der Waals surface area contributed by atoms with Crippen molar-refractivity contribution in [3.05, 3.63) is 59.9 Å². The number of primary amides is 1. The number of benzene rings is 1. The van der Waals surface area contributed by atoms with Gasteiger partial charge in [-0.2, -0.15) is 0 Å². The van der Waals surface area contributed by atoms with Crippen LogP contribution in [0.1, 0.15) is 35.6 Å². The third-order valence-electron chi connectivity index (χ3n) is 5.85. The first-order chi connectivity index (χ1) is 18.4. The summed E-state index contributed by atoms with van der Waals surface area (Å²) in [5, 5.41) is 6.01. The fourth-order valence-electron chi connectivity index (χ4n) is 3.47. The summed E-state index contributed by atoms with van der Waals surface area (Å²) in [7, 11) is 7.30. The molecule has 1 aromatic carbocycles. The van der Waals surface area contributed by atoms with Gasteiger partial charge in [0.25, 0.3) is 5.91 Å². The van der Waals surface area contributed by atoms with Crippen LogP contribution in [0.3, 0.4) is 0 Å². The second-order valence-corrected chi connectivity index (χ2v) is 9.69. The first kappa shape index (κ1) is 31.0. The normalized spacial score (nSPS) is 11.1. The molecule has 0 radical (unpaired) electrons. The van der Waals surface area contributed by atoms with Gasteiger partial charge in [-0.25, -0.2) is 9.97 Å². The number of carbonyl (C=O) groups excluding carboxylic acids is 3. The van der Waals surface area contributed by atoms with Crippen molar-refractivity contribution in [3.8, 4) is 0 Å². The van der Waals surface area contributed by atoms with E-state index in [1.54, 1.807) is 19.2 Å². The first-order valence-electron chi connectivity index (χ1n) is 12.7. The Hall–Kier alpha value is -4.25. The molecule has 39 heavy (non-hydrogen) atoms. The number of aromatic nitrogens is 2. The lowest BCUT2D eigenvalue weighted by Crippen LogP contribution is -2.38. The average Bonchev–Trinajstić information content (AvgIpc) is 2.87. The Bertz CT molecular complexity index is 1210. The Labute approximate surface area is 230 Å². The molecule has 0 aliphatic rings. The van der Waals surface area contributed by atoms with E-state index in [1.165, 1.54) is 11.0 Å². The van der Waals surface area contributed by atoms with Gasteiger partial charge >= 0.3 is 0 Å². The number of anilines is 3. The lowest BCUT2D eigenvalue weighted by molar-refractivity contribution is -0.131. The monoisotopic (exact) mass is 536 g/mol. The van der Waals surface area contributed by atoms with Crippen molar-refractivity contribution in [2.45, 2.75) is 26.3 Å². The number of amides is 3. The highest BCUT2D eigenvalue weighted by Crippen LogP contribution is 2.26. The number of nitrogens with one attached hydrogen (secondary N) is 2. The number of likely N-dealkylation sites (N-methyl/N-ethyl adjacent to an activating group) is 2. The molecule has 0 bridgehead atoms. The number of carbonyl (C=O) groups is 3. The zero-order valence-corrected chi connectivity index (χ0v) is 23.7. The Morgan fingerprint density at radius 1 is 1.13 bits per heavy atom. The van der Waals surface area contributed by atoms with E-state index in [0.717, 1.165) is 5.56 Å². The van der Waals surface area contributed by atoms with Crippen LogP contribution >= 0.6 is 0 Å². The molecule has 0 unspecified atom stereocenters. The molecular weight excluding hydrogens is 496 g/mol. The molecule has 2 rings (SSSR count). The largest absolute Gasteiger partial charge is 0.364 e. The first-order valence-corrected chi connectivity index (χ1v) is 12.7. The number of rotatable bonds is 14. The number of hydrogen-bond donors (Lipinski definition) is 3. The van der Waals surface area contributed by atoms with Crippen molar-refractivity contribution in [2.75, 3.05) is 58.0 Å². The van der Waals surface area contributed by atoms with Gasteiger partial charge in [-0.1, -0.05) is 24.8 Å².